The monoisotopic (exact) mass is 396 g/mol. The molecule has 3 aromatic rings. The zero-order valence-corrected chi connectivity index (χ0v) is 14.3. The first-order valence-corrected chi connectivity index (χ1v) is 8.93. The zero-order chi connectivity index (χ0) is 15.7. The highest BCUT2D eigenvalue weighted by Crippen LogP contribution is 2.26. The summed E-state index contributed by atoms with van der Waals surface area (Å²) in [6, 6.07) is 11.3. The van der Waals surface area contributed by atoms with E-state index in [9.17, 15) is 8.42 Å². The molecule has 1 aromatic heterocycles. The number of pyridine rings is 1. The smallest absolute Gasteiger partial charge is 0.261 e. The van der Waals surface area contributed by atoms with Crippen molar-refractivity contribution >= 4 is 54.0 Å². The Hall–Kier alpha value is -1.63. The van der Waals surface area contributed by atoms with E-state index in [1.165, 1.54) is 24.3 Å². The normalized spacial score (nSPS) is 11.5. The second-order valence-electron chi connectivity index (χ2n) is 4.62. The van der Waals surface area contributed by atoms with Gasteiger partial charge in [-0.3, -0.25) is 9.71 Å². The van der Waals surface area contributed by atoms with E-state index < -0.39 is 10.0 Å². The summed E-state index contributed by atoms with van der Waals surface area (Å²) < 4.78 is 28.1. The van der Waals surface area contributed by atoms with E-state index in [1.807, 2.05) is 6.07 Å². The van der Waals surface area contributed by atoms with Crippen LogP contribution >= 0.6 is 27.5 Å². The average molecular weight is 398 g/mol. The highest BCUT2D eigenvalue weighted by atomic mass is 79.9. The Morgan fingerprint density at radius 2 is 1.77 bits per heavy atom. The third-order valence-corrected chi connectivity index (χ3v) is 5.37. The topological polar surface area (TPSA) is 59.1 Å². The van der Waals surface area contributed by atoms with Gasteiger partial charge < -0.3 is 0 Å². The van der Waals surface area contributed by atoms with Gasteiger partial charge in [0, 0.05) is 33.0 Å². The van der Waals surface area contributed by atoms with Gasteiger partial charge in [-0.1, -0.05) is 17.7 Å². The number of halogens is 2. The predicted octanol–water partition coefficient (Wildman–Crippen LogP) is 4.45. The molecule has 22 heavy (non-hydrogen) atoms. The summed E-state index contributed by atoms with van der Waals surface area (Å²) in [7, 11) is -3.65. The molecule has 0 saturated heterocycles. The molecule has 0 atom stereocenters. The van der Waals surface area contributed by atoms with Crippen LogP contribution in [0.3, 0.4) is 0 Å². The number of fused-ring (bicyclic) bond motifs is 1. The van der Waals surface area contributed by atoms with Crippen LogP contribution in [-0.2, 0) is 10.0 Å². The van der Waals surface area contributed by atoms with Crippen molar-refractivity contribution < 1.29 is 8.42 Å². The van der Waals surface area contributed by atoms with Crippen molar-refractivity contribution in [2.24, 2.45) is 0 Å². The Bertz CT molecular complexity index is 943. The summed E-state index contributed by atoms with van der Waals surface area (Å²) in [5, 5.41) is 2.29. The molecule has 0 amide bonds. The van der Waals surface area contributed by atoms with Gasteiger partial charge in [0.05, 0.1) is 4.90 Å². The third kappa shape index (κ3) is 3.09. The number of hydrogen-bond acceptors (Lipinski definition) is 3. The number of sulfonamides is 1. The molecule has 0 bridgehead atoms. The highest BCUT2D eigenvalue weighted by molar-refractivity contribution is 9.10. The molecule has 1 N–H and O–H groups in total. The molecule has 4 nitrogen and oxygen atoms in total. The highest BCUT2D eigenvalue weighted by Gasteiger charge is 2.14. The lowest BCUT2D eigenvalue weighted by molar-refractivity contribution is 0.601. The van der Waals surface area contributed by atoms with Crippen molar-refractivity contribution in [3.8, 4) is 0 Å². The molecule has 0 spiro atoms. The molecule has 3 rings (SSSR count). The second kappa shape index (κ2) is 5.87. The standard InChI is InChI=1S/C15H10BrClN2O2S/c16-15-9-18-8-10-7-12(3-6-14(10)15)19-22(20,21)13-4-1-11(17)2-5-13/h1-9,19H. The van der Waals surface area contributed by atoms with Gasteiger partial charge >= 0.3 is 0 Å². The van der Waals surface area contributed by atoms with Crippen LogP contribution in [0.1, 0.15) is 0 Å². The van der Waals surface area contributed by atoms with Crippen LogP contribution in [-0.4, -0.2) is 13.4 Å². The van der Waals surface area contributed by atoms with Gasteiger partial charge in [0.25, 0.3) is 10.0 Å². The molecule has 1 heterocycles. The molecule has 7 heteroatoms. The number of benzene rings is 2. The summed E-state index contributed by atoms with van der Waals surface area (Å²) in [5.41, 5.74) is 0.474. The Morgan fingerprint density at radius 3 is 2.50 bits per heavy atom. The fourth-order valence-corrected chi connectivity index (χ4v) is 3.69. The zero-order valence-electron chi connectivity index (χ0n) is 11.1. The minimum atomic E-state index is -3.65. The summed E-state index contributed by atoms with van der Waals surface area (Å²) >= 11 is 9.19. The van der Waals surface area contributed by atoms with Crippen LogP contribution in [0.15, 0.2) is 64.2 Å². The fraction of sp³-hybridized carbons (Fsp3) is 0. The Labute approximate surface area is 141 Å². The predicted molar refractivity (Wildman–Crippen MR) is 91.7 cm³/mol. The molecule has 0 aliphatic carbocycles. The molecule has 112 valence electrons. The van der Waals surface area contributed by atoms with E-state index in [1.54, 1.807) is 24.5 Å². The van der Waals surface area contributed by atoms with Gasteiger partial charge in [0.15, 0.2) is 0 Å². The first kappa shape index (κ1) is 15.3. The van der Waals surface area contributed by atoms with E-state index in [0.717, 1.165) is 15.2 Å². The molecular formula is C15H10BrClN2O2S. The number of hydrogen-bond donors (Lipinski definition) is 1. The summed E-state index contributed by atoms with van der Waals surface area (Å²) in [5.74, 6) is 0. The molecule has 0 fully saturated rings. The molecule has 0 saturated carbocycles. The number of anilines is 1. The molecule has 0 aliphatic rings. The molecule has 2 aromatic carbocycles. The largest absolute Gasteiger partial charge is 0.280 e. The summed E-state index contributed by atoms with van der Waals surface area (Å²) in [4.78, 5) is 4.24. The molecular weight excluding hydrogens is 388 g/mol. The van der Waals surface area contributed by atoms with Crippen molar-refractivity contribution in [3.05, 3.63) is 64.4 Å². The lowest BCUT2D eigenvalue weighted by atomic mass is 10.2. The van der Waals surface area contributed by atoms with Crippen molar-refractivity contribution in [1.29, 1.82) is 0 Å². The van der Waals surface area contributed by atoms with Crippen LogP contribution < -0.4 is 4.72 Å². The Balaban J connectivity index is 1.97. The number of aromatic nitrogens is 1. The van der Waals surface area contributed by atoms with Crippen LogP contribution in [0.25, 0.3) is 10.8 Å². The number of rotatable bonds is 3. The molecule has 0 radical (unpaired) electrons. The second-order valence-corrected chi connectivity index (χ2v) is 7.59. The Kier molecular flexibility index (Phi) is 4.08. The average Bonchev–Trinajstić information content (AvgIpc) is 2.47. The van der Waals surface area contributed by atoms with E-state index in [0.29, 0.717) is 10.7 Å². The van der Waals surface area contributed by atoms with Gasteiger partial charge in [-0.15, -0.1) is 0 Å². The van der Waals surface area contributed by atoms with E-state index in [-0.39, 0.29) is 4.90 Å². The maximum Gasteiger partial charge on any atom is 0.261 e. The van der Waals surface area contributed by atoms with E-state index >= 15 is 0 Å². The first-order chi connectivity index (χ1) is 10.5. The van der Waals surface area contributed by atoms with E-state index in [4.69, 9.17) is 11.6 Å². The lowest BCUT2D eigenvalue weighted by Gasteiger charge is -2.09. The SMILES string of the molecule is O=S(=O)(Nc1ccc2c(Br)cncc2c1)c1ccc(Cl)cc1. The van der Waals surface area contributed by atoms with Crippen molar-refractivity contribution in [3.63, 3.8) is 0 Å². The van der Waals surface area contributed by atoms with Gasteiger partial charge in [-0.25, -0.2) is 8.42 Å². The Morgan fingerprint density at radius 1 is 1.05 bits per heavy atom. The lowest BCUT2D eigenvalue weighted by Crippen LogP contribution is -2.12. The maximum atomic E-state index is 12.3. The van der Waals surface area contributed by atoms with Gasteiger partial charge in [0.2, 0.25) is 0 Å². The van der Waals surface area contributed by atoms with Gasteiger partial charge in [0.1, 0.15) is 0 Å². The quantitative estimate of drug-likeness (QED) is 0.710. The van der Waals surface area contributed by atoms with E-state index in [2.05, 4.69) is 25.6 Å². The van der Waals surface area contributed by atoms with Crippen molar-refractivity contribution in [1.82, 2.24) is 4.98 Å². The van der Waals surface area contributed by atoms with Gasteiger partial charge in [-0.2, -0.15) is 0 Å². The minimum absolute atomic E-state index is 0.157. The third-order valence-electron chi connectivity index (χ3n) is 3.09. The van der Waals surface area contributed by atoms with Crippen LogP contribution in [0.4, 0.5) is 5.69 Å². The van der Waals surface area contributed by atoms with Crippen molar-refractivity contribution in [2.75, 3.05) is 4.72 Å². The molecule has 0 unspecified atom stereocenters. The summed E-state index contributed by atoms with van der Waals surface area (Å²) in [6.45, 7) is 0. The van der Waals surface area contributed by atoms with Gasteiger partial charge in [-0.05, 0) is 57.7 Å². The minimum Gasteiger partial charge on any atom is -0.280 e. The number of nitrogens with one attached hydrogen (secondary N) is 1. The fourth-order valence-electron chi connectivity index (χ4n) is 2.03. The molecule has 0 aliphatic heterocycles. The van der Waals surface area contributed by atoms with Crippen LogP contribution in [0.5, 0.6) is 0 Å². The van der Waals surface area contributed by atoms with Crippen LogP contribution in [0.2, 0.25) is 5.02 Å². The van der Waals surface area contributed by atoms with Crippen LogP contribution in [0, 0.1) is 0 Å². The number of nitrogens with zero attached hydrogens (tertiary/aromatic N) is 1. The maximum absolute atomic E-state index is 12.3. The first-order valence-electron chi connectivity index (χ1n) is 6.27. The summed E-state index contributed by atoms with van der Waals surface area (Å²) in [6.07, 6.45) is 3.38. The van der Waals surface area contributed by atoms with Crippen molar-refractivity contribution in [2.45, 2.75) is 4.90 Å².